The van der Waals surface area contributed by atoms with Crippen molar-refractivity contribution in [3.8, 4) is 0 Å². The second-order valence-electron chi connectivity index (χ2n) is 3.15. The Balaban J connectivity index is 2.30. The van der Waals surface area contributed by atoms with Gasteiger partial charge in [0.1, 0.15) is 4.88 Å². The molecule has 0 aliphatic carbocycles. The number of hydrogen-bond acceptors (Lipinski definition) is 4. The van der Waals surface area contributed by atoms with Gasteiger partial charge in [0.2, 0.25) is 0 Å². The molecule has 0 spiro atoms. The number of thiazole rings is 1. The van der Waals surface area contributed by atoms with Crippen molar-refractivity contribution in [2.24, 2.45) is 0 Å². The predicted octanol–water partition coefficient (Wildman–Crippen LogP) is 3.00. The molecule has 0 saturated heterocycles. The fourth-order valence-electron chi connectivity index (χ4n) is 1.05. The smallest absolute Gasteiger partial charge is 0.385 e. The van der Waals surface area contributed by atoms with E-state index in [0.29, 0.717) is 29.6 Å². The van der Waals surface area contributed by atoms with Crippen LogP contribution in [0.1, 0.15) is 17.7 Å². The molecule has 1 aromatic heterocycles. The van der Waals surface area contributed by atoms with E-state index in [4.69, 9.17) is 4.74 Å². The minimum absolute atomic E-state index is 0.310. The maximum atomic E-state index is 12.2. The zero-order chi connectivity index (χ0) is 12.0. The summed E-state index contributed by atoms with van der Waals surface area (Å²) in [5.41, 5.74) is 0. The van der Waals surface area contributed by atoms with E-state index in [1.165, 1.54) is 0 Å². The SMILES string of the molecule is COCCCCNc1ncc(C(F)(F)F)s1. The van der Waals surface area contributed by atoms with Gasteiger partial charge in [-0.05, 0) is 12.8 Å². The molecule has 0 fully saturated rings. The van der Waals surface area contributed by atoms with Gasteiger partial charge in [0.05, 0.1) is 6.20 Å². The van der Waals surface area contributed by atoms with Gasteiger partial charge in [-0.3, -0.25) is 0 Å². The summed E-state index contributed by atoms with van der Waals surface area (Å²) in [6.07, 6.45) is -1.73. The normalized spacial score (nSPS) is 11.8. The standard InChI is InChI=1S/C9H13F3N2OS/c1-15-5-3-2-4-13-8-14-6-7(16-8)9(10,11)12/h6H,2-5H2,1H3,(H,13,14). The molecule has 92 valence electrons. The largest absolute Gasteiger partial charge is 0.427 e. The van der Waals surface area contributed by atoms with Crippen molar-refractivity contribution in [3.05, 3.63) is 11.1 Å². The number of anilines is 1. The summed E-state index contributed by atoms with van der Waals surface area (Å²) in [4.78, 5) is 2.98. The van der Waals surface area contributed by atoms with E-state index in [-0.39, 0.29) is 0 Å². The molecule has 16 heavy (non-hydrogen) atoms. The number of ether oxygens (including phenoxy) is 1. The molecule has 3 nitrogen and oxygen atoms in total. The van der Waals surface area contributed by atoms with Crippen LogP contribution < -0.4 is 5.32 Å². The summed E-state index contributed by atoms with van der Waals surface area (Å²) in [5, 5.41) is 3.16. The number of halogens is 3. The van der Waals surface area contributed by atoms with Gasteiger partial charge in [0.15, 0.2) is 5.13 Å². The number of rotatable bonds is 6. The Morgan fingerprint density at radius 2 is 2.19 bits per heavy atom. The number of hydrogen-bond donors (Lipinski definition) is 1. The summed E-state index contributed by atoms with van der Waals surface area (Å²) < 4.78 is 41.5. The van der Waals surface area contributed by atoms with Gasteiger partial charge < -0.3 is 10.1 Å². The Labute approximate surface area is 95.6 Å². The van der Waals surface area contributed by atoms with Crippen molar-refractivity contribution >= 4 is 16.5 Å². The van der Waals surface area contributed by atoms with E-state index in [1.54, 1.807) is 7.11 Å². The van der Waals surface area contributed by atoms with Gasteiger partial charge in [0.25, 0.3) is 0 Å². The van der Waals surface area contributed by atoms with Crippen LogP contribution in [-0.4, -0.2) is 25.2 Å². The van der Waals surface area contributed by atoms with Crippen LogP contribution in [0.25, 0.3) is 0 Å². The van der Waals surface area contributed by atoms with E-state index in [9.17, 15) is 13.2 Å². The summed E-state index contributed by atoms with van der Waals surface area (Å²) in [5.74, 6) is 0. The number of nitrogens with one attached hydrogen (secondary N) is 1. The van der Waals surface area contributed by atoms with E-state index >= 15 is 0 Å². The molecular formula is C9H13F3N2OS. The van der Waals surface area contributed by atoms with Crippen molar-refractivity contribution in [3.63, 3.8) is 0 Å². The Bertz CT molecular complexity index is 314. The summed E-state index contributed by atoms with van der Waals surface area (Å²) >= 11 is 0.625. The van der Waals surface area contributed by atoms with Crippen molar-refractivity contribution < 1.29 is 17.9 Å². The Kier molecular flexibility index (Phi) is 5.01. The van der Waals surface area contributed by atoms with E-state index in [0.717, 1.165) is 19.0 Å². The van der Waals surface area contributed by atoms with Crippen molar-refractivity contribution in [1.29, 1.82) is 0 Å². The lowest BCUT2D eigenvalue weighted by Crippen LogP contribution is -2.02. The molecule has 0 aliphatic rings. The highest BCUT2D eigenvalue weighted by atomic mass is 32.1. The lowest BCUT2D eigenvalue weighted by atomic mass is 10.3. The molecule has 0 bridgehead atoms. The van der Waals surface area contributed by atoms with Crippen molar-refractivity contribution in [1.82, 2.24) is 4.98 Å². The molecule has 0 unspecified atom stereocenters. The highest BCUT2D eigenvalue weighted by Gasteiger charge is 2.33. The van der Waals surface area contributed by atoms with Crippen molar-refractivity contribution in [2.75, 3.05) is 25.6 Å². The summed E-state index contributed by atoms with van der Waals surface area (Å²) in [7, 11) is 1.61. The average molecular weight is 254 g/mol. The molecule has 0 atom stereocenters. The first-order valence-electron chi connectivity index (χ1n) is 4.80. The van der Waals surface area contributed by atoms with E-state index < -0.39 is 11.1 Å². The molecular weight excluding hydrogens is 241 g/mol. The van der Waals surface area contributed by atoms with Gasteiger partial charge in [0, 0.05) is 20.3 Å². The zero-order valence-corrected chi connectivity index (χ0v) is 9.62. The molecule has 0 saturated carbocycles. The average Bonchev–Trinajstić information content (AvgIpc) is 2.65. The Hall–Kier alpha value is -0.820. The van der Waals surface area contributed by atoms with E-state index in [2.05, 4.69) is 10.3 Å². The van der Waals surface area contributed by atoms with Crippen LogP contribution in [0.3, 0.4) is 0 Å². The minimum atomic E-state index is -4.30. The Morgan fingerprint density at radius 1 is 1.44 bits per heavy atom. The molecule has 1 heterocycles. The topological polar surface area (TPSA) is 34.1 Å². The van der Waals surface area contributed by atoms with Crippen LogP contribution in [0.4, 0.5) is 18.3 Å². The first-order chi connectivity index (χ1) is 7.54. The monoisotopic (exact) mass is 254 g/mol. The number of aromatic nitrogens is 1. The maximum Gasteiger partial charge on any atom is 0.427 e. The van der Waals surface area contributed by atoms with Gasteiger partial charge in [-0.15, -0.1) is 0 Å². The first-order valence-corrected chi connectivity index (χ1v) is 5.61. The number of alkyl halides is 3. The third-order valence-electron chi connectivity index (χ3n) is 1.84. The number of methoxy groups -OCH3 is 1. The molecule has 1 aromatic rings. The zero-order valence-electron chi connectivity index (χ0n) is 8.80. The third-order valence-corrected chi connectivity index (χ3v) is 2.84. The minimum Gasteiger partial charge on any atom is -0.385 e. The molecule has 0 amide bonds. The fourth-order valence-corrected chi connectivity index (χ4v) is 1.76. The van der Waals surface area contributed by atoms with Gasteiger partial charge in [-0.1, -0.05) is 11.3 Å². The first kappa shape index (κ1) is 13.2. The van der Waals surface area contributed by atoms with Gasteiger partial charge in [-0.2, -0.15) is 13.2 Å². The summed E-state index contributed by atoms with van der Waals surface area (Å²) in [6, 6.07) is 0. The fraction of sp³-hybridized carbons (Fsp3) is 0.667. The van der Waals surface area contributed by atoms with Crippen LogP contribution in [0.5, 0.6) is 0 Å². The quantitative estimate of drug-likeness (QED) is 0.792. The lowest BCUT2D eigenvalue weighted by molar-refractivity contribution is -0.134. The second kappa shape index (κ2) is 6.05. The number of unbranched alkanes of at least 4 members (excludes halogenated alkanes) is 1. The molecule has 1 rings (SSSR count). The molecule has 7 heteroatoms. The van der Waals surface area contributed by atoms with Crippen LogP contribution in [-0.2, 0) is 10.9 Å². The Morgan fingerprint density at radius 3 is 2.75 bits per heavy atom. The van der Waals surface area contributed by atoms with Gasteiger partial charge in [-0.25, -0.2) is 4.98 Å². The number of nitrogens with zero attached hydrogens (tertiary/aromatic N) is 1. The van der Waals surface area contributed by atoms with Gasteiger partial charge >= 0.3 is 6.18 Å². The van der Waals surface area contributed by atoms with Crippen molar-refractivity contribution in [2.45, 2.75) is 19.0 Å². The molecule has 1 N–H and O–H groups in total. The van der Waals surface area contributed by atoms with Crippen LogP contribution >= 0.6 is 11.3 Å². The van der Waals surface area contributed by atoms with Crippen LogP contribution in [0.15, 0.2) is 6.20 Å². The third kappa shape index (κ3) is 4.36. The highest BCUT2D eigenvalue weighted by molar-refractivity contribution is 7.15. The molecule has 0 aliphatic heterocycles. The van der Waals surface area contributed by atoms with Crippen LogP contribution in [0, 0.1) is 0 Å². The highest BCUT2D eigenvalue weighted by Crippen LogP contribution is 2.34. The predicted molar refractivity (Wildman–Crippen MR) is 56.7 cm³/mol. The molecule has 0 aromatic carbocycles. The van der Waals surface area contributed by atoms with E-state index in [1.807, 2.05) is 0 Å². The maximum absolute atomic E-state index is 12.2. The van der Waals surface area contributed by atoms with Crippen LogP contribution in [0.2, 0.25) is 0 Å². The second-order valence-corrected chi connectivity index (χ2v) is 4.18. The lowest BCUT2D eigenvalue weighted by Gasteiger charge is -2.02. The summed E-state index contributed by atoms with van der Waals surface area (Å²) in [6.45, 7) is 1.27. The molecule has 0 radical (unpaired) electrons.